The average Bonchev–Trinajstić information content (AvgIpc) is 3.21. The number of benzene rings is 2. The van der Waals surface area contributed by atoms with Gasteiger partial charge in [-0.3, -0.25) is 9.59 Å². The summed E-state index contributed by atoms with van der Waals surface area (Å²) in [6, 6.07) is 19.1. The molecule has 1 aliphatic rings. The lowest BCUT2D eigenvalue weighted by molar-refractivity contribution is -0.133. The summed E-state index contributed by atoms with van der Waals surface area (Å²) in [6.07, 6.45) is 4.16. The Morgan fingerprint density at radius 3 is 2.71 bits per heavy atom. The number of likely N-dealkylation sites (tertiary alicyclic amines) is 1. The summed E-state index contributed by atoms with van der Waals surface area (Å²) in [5.41, 5.74) is 3.37. The van der Waals surface area contributed by atoms with E-state index >= 15 is 0 Å². The molecule has 0 aliphatic carbocycles. The fraction of sp³-hybridized carbons (Fsp3) is 0.217. The molecular formula is C23H22N2O3. The zero-order chi connectivity index (χ0) is 19.3. The van der Waals surface area contributed by atoms with Gasteiger partial charge in [0.05, 0.1) is 6.26 Å². The molecule has 2 heterocycles. The molecule has 0 bridgehead atoms. The van der Waals surface area contributed by atoms with Crippen LogP contribution < -0.4 is 5.32 Å². The molecule has 0 spiro atoms. The van der Waals surface area contributed by atoms with E-state index in [1.807, 2.05) is 59.5 Å². The summed E-state index contributed by atoms with van der Waals surface area (Å²) in [7, 11) is 0. The first-order valence-electron chi connectivity index (χ1n) is 9.52. The van der Waals surface area contributed by atoms with Crippen molar-refractivity contribution in [3.63, 3.8) is 0 Å². The van der Waals surface area contributed by atoms with Crippen LogP contribution in [0.15, 0.2) is 71.3 Å². The zero-order valence-corrected chi connectivity index (χ0v) is 15.6. The van der Waals surface area contributed by atoms with Crippen molar-refractivity contribution >= 4 is 17.5 Å². The fourth-order valence-electron chi connectivity index (χ4n) is 3.51. The maximum atomic E-state index is 12.8. The number of nitrogens with one attached hydrogen (secondary N) is 1. The highest BCUT2D eigenvalue weighted by molar-refractivity contribution is 6.06. The van der Waals surface area contributed by atoms with Crippen molar-refractivity contribution in [2.45, 2.75) is 25.8 Å². The van der Waals surface area contributed by atoms with Crippen LogP contribution in [0.5, 0.6) is 0 Å². The number of carbonyl (C=O) groups is 2. The average molecular weight is 374 g/mol. The lowest BCUT2D eigenvalue weighted by Gasteiger charge is -2.26. The smallest absolute Gasteiger partial charge is 0.292 e. The molecule has 1 saturated heterocycles. The molecule has 3 aromatic rings. The van der Waals surface area contributed by atoms with Gasteiger partial charge in [-0.1, -0.05) is 42.5 Å². The molecule has 142 valence electrons. The molecule has 1 aromatic heterocycles. The SMILES string of the molecule is O=C(Nc1cccc(CN2CCCCC2=O)c1)c1occc1-c1ccccc1. The van der Waals surface area contributed by atoms with Crippen molar-refractivity contribution in [3.05, 3.63) is 78.3 Å². The Bertz CT molecular complexity index is 978. The maximum Gasteiger partial charge on any atom is 0.292 e. The summed E-state index contributed by atoms with van der Waals surface area (Å²) in [6.45, 7) is 1.36. The third-order valence-corrected chi connectivity index (χ3v) is 4.94. The van der Waals surface area contributed by atoms with E-state index in [0.29, 0.717) is 18.7 Å². The van der Waals surface area contributed by atoms with E-state index < -0.39 is 0 Å². The minimum Gasteiger partial charge on any atom is -0.459 e. The number of hydrogen-bond acceptors (Lipinski definition) is 3. The minimum atomic E-state index is -0.296. The number of carbonyl (C=O) groups excluding carboxylic acids is 2. The van der Waals surface area contributed by atoms with Gasteiger partial charge in [0.15, 0.2) is 5.76 Å². The predicted molar refractivity (Wildman–Crippen MR) is 108 cm³/mol. The van der Waals surface area contributed by atoms with Crippen LogP contribution in [0.4, 0.5) is 5.69 Å². The topological polar surface area (TPSA) is 62.6 Å². The van der Waals surface area contributed by atoms with E-state index in [9.17, 15) is 9.59 Å². The lowest BCUT2D eigenvalue weighted by atomic mass is 10.1. The molecule has 1 N–H and O–H groups in total. The van der Waals surface area contributed by atoms with E-state index in [1.54, 1.807) is 6.07 Å². The molecule has 2 amide bonds. The van der Waals surface area contributed by atoms with E-state index in [4.69, 9.17) is 4.42 Å². The second-order valence-corrected chi connectivity index (χ2v) is 6.96. The van der Waals surface area contributed by atoms with Gasteiger partial charge in [0, 0.05) is 30.8 Å². The van der Waals surface area contributed by atoms with Crippen LogP contribution in [-0.4, -0.2) is 23.3 Å². The molecule has 0 unspecified atom stereocenters. The van der Waals surface area contributed by atoms with Crippen molar-refractivity contribution in [2.75, 3.05) is 11.9 Å². The summed E-state index contributed by atoms with van der Waals surface area (Å²) >= 11 is 0. The molecule has 2 aromatic carbocycles. The van der Waals surface area contributed by atoms with Gasteiger partial charge in [-0.05, 0) is 42.2 Å². The molecule has 5 nitrogen and oxygen atoms in total. The van der Waals surface area contributed by atoms with Crippen LogP contribution in [0.3, 0.4) is 0 Å². The maximum absolute atomic E-state index is 12.8. The van der Waals surface area contributed by atoms with Gasteiger partial charge in [0.2, 0.25) is 5.91 Å². The van der Waals surface area contributed by atoms with Crippen molar-refractivity contribution in [1.29, 1.82) is 0 Å². The second-order valence-electron chi connectivity index (χ2n) is 6.96. The highest BCUT2D eigenvalue weighted by atomic mass is 16.3. The van der Waals surface area contributed by atoms with Crippen molar-refractivity contribution in [3.8, 4) is 11.1 Å². The lowest BCUT2D eigenvalue weighted by Crippen LogP contribution is -2.34. The van der Waals surface area contributed by atoms with E-state index in [2.05, 4.69) is 5.32 Å². The van der Waals surface area contributed by atoms with Crippen LogP contribution in [0, 0.1) is 0 Å². The third-order valence-electron chi connectivity index (χ3n) is 4.94. The molecule has 28 heavy (non-hydrogen) atoms. The predicted octanol–water partition coefficient (Wildman–Crippen LogP) is 4.71. The van der Waals surface area contributed by atoms with Crippen molar-refractivity contribution in [1.82, 2.24) is 4.90 Å². The van der Waals surface area contributed by atoms with Gasteiger partial charge in [0.25, 0.3) is 5.91 Å². The number of furan rings is 1. The number of piperidine rings is 1. The third kappa shape index (κ3) is 3.98. The highest BCUT2D eigenvalue weighted by Gasteiger charge is 2.19. The van der Waals surface area contributed by atoms with Gasteiger partial charge in [-0.2, -0.15) is 0 Å². The normalized spacial score (nSPS) is 14.1. The Kier molecular flexibility index (Phi) is 5.24. The molecule has 1 fully saturated rings. The van der Waals surface area contributed by atoms with Crippen molar-refractivity contribution < 1.29 is 14.0 Å². The van der Waals surface area contributed by atoms with Gasteiger partial charge >= 0.3 is 0 Å². The summed E-state index contributed by atoms with van der Waals surface area (Å²) < 4.78 is 5.45. The summed E-state index contributed by atoms with van der Waals surface area (Å²) in [5, 5.41) is 2.91. The van der Waals surface area contributed by atoms with Gasteiger partial charge in [-0.25, -0.2) is 0 Å². The Balaban J connectivity index is 1.49. The van der Waals surface area contributed by atoms with E-state index in [-0.39, 0.29) is 17.6 Å². The zero-order valence-electron chi connectivity index (χ0n) is 15.6. The van der Waals surface area contributed by atoms with Crippen LogP contribution in [0.25, 0.3) is 11.1 Å². The first kappa shape index (κ1) is 18.0. The summed E-state index contributed by atoms with van der Waals surface area (Å²) in [4.78, 5) is 26.7. The Hall–Kier alpha value is -3.34. The van der Waals surface area contributed by atoms with Crippen LogP contribution in [-0.2, 0) is 11.3 Å². The quantitative estimate of drug-likeness (QED) is 0.703. The number of nitrogens with zero attached hydrogens (tertiary/aromatic N) is 1. The van der Waals surface area contributed by atoms with Crippen LogP contribution >= 0.6 is 0 Å². The van der Waals surface area contributed by atoms with Crippen LogP contribution in [0.2, 0.25) is 0 Å². The van der Waals surface area contributed by atoms with Crippen molar-refractivity contribution in [2.24, 2.45) is 0 Å². The van der Waals surface area contributed by atoms with Gasteiger partial charge in [0.1, 0.15) is 0 Å². The highest BCUT2D eigenvalue weighted by Crippen LogP contribution is 2.26. The standard InChI is InChI=1S/C23H22N2O3/c26-21-11-4-5-13-25(21)16-17-7-6-10-19(15-17)24-23(27)22-20(12-14-28-22)18-8-2-1-3-9-18/h1-3,6-10,12,14-15H,4-5,11,13,16H2,(H,24,27). The number of amides is 2. The summed E-state index contributed by atoms with van der Waals surface area (Å²) in [5.74, 6) is 0.182. The molecular weight excluding hydrogens is 352 g/mol. The second kappa shape index (κ2) is 8.13. The molecule has 0 saturated carbocycles. The van der Waals surface area contributed by atoms with Crippen LogP contribution in [0.1, 0.15) is 35.4 Å². The van der Waals surface area contributed by atoms with E-state index in [0.717, 1.165) is 36.1 Å². The monoisotopic (exact) mass is 374 g/mol. The first-order chi connectivity index (χ1) is 13.7. The van der Waals surface area contributed by atoms with Gasteiger partial charge < -0.3 is 14.6 Å². The molecule has 1 aliphatic heterocycles. The Morgan fingerprint density at radius 1 is 1.04 bits per heavy atom. The molecule has 4 rings (SSSR count). The molecule has 0 radical (unpaired) electrons. The first-order valence-corrected chi connectivity index (χ1v) is 9.52. The largest absolute Gasteiger partial charge is 0.459 e. The number of rotatable bonds is 5. The fourth-order valence-corrected chi connectivity index (χ4v) is 3.51. The number of anilines is 1. The Morgan fingerprint density at radius 2 is 1.89 bits per heavy atom. The minimum absolute atomic E-state index is 0.198. The van der Waals surface area contributed by atoms with Gasteiger partial charge in [-0.15, -0.1) is 0 Å². The molecule has 0 atom stereocenters. The Labute approximate surface area is 164 Å². The number of hydrogen-bond donors (Lipinski definition) is 1. The molecule has 5 heteroatoms. The van der Waals surface area contributed by atoms with E-state index in [1.165, 1.54) is 6.26 Å².